The number of aromatic nitrogens is 2. The SMILES string of the molecule is Nc1nc(F)c(-c2ccc(N3CCOCC3)cc2)nc1-c1ccc2c(c1)CCNC2=O. The van der Waals surface area contributed by atoms with Crippen molar-refractivity contribution in [2.24, 2.45) is 0 Å². The van der Waals surface area contributed by atoms with Gasteiger partial charge in [-0.05, 0) is 36.2 Å². The quantitative estimate of drug-likeness (QED) is 0.678. The van der Waals surface area contributed by atoms with Crippen LogP contribution in [-0.2, 0) is 11.2 Å². The molecule has 2 aromatic carbocycles. The van der Waals surface area contributed by atoms with Crippen molar-refractivity contribution in [2.75, 3.05) is 43.5 Å². The van der Waals surface area contributed by atoms with Crippen molar-refractivity contribution >= 4 is 17.4 Å². The number of halogens is 1. The summed E-state index contributed by atoms with van der Waals surface area (Å²) < 4.78 is 20.1. The molecule has 0 bridgehead atoms. The fourth-order valence-electron chi connectivity index (χ4n) is 4.05. The van der Waals surface area contributed by atoms with Crippen molar-refractivity contribution in [2.45, 2.75) is 6.42 Å². The molecule has 1 aromatic heterocycles. The third-order valence-corrected chi connectivity index (χ3v) is 5.70. The van der Waals surface area contributed by atoms with Crippen molar-refractivity contribution in [3.8, 4) is 22.5 Å². The van der Waals surface area contributed by atoms with Gasteiger partial charge < -0.3 is 20.7 Å². The Bertz CT molecular complexity index is 1140. The average Bonchev–Trinajstić information content (AvgIpc) is 2.80. The fourth-order valence-corrected chi connectivity index (χ4v) is 4.05. The number of nitrogens with zero attached hydrogens (tertiary/aromatic N) is 3. The van der Waals surface area contributed by atoms with Gasteiger partial charge in [-0.25, -0.2) is 4.98 Å². The van der Waals surface area contributed by atoms with Crippen LogP contribution in [0.25, 0.3) is 22.5 Å². The number of rotatable bonds is 3. The molecular formula is C23H22FN5O2. The van der Waals surface area contributed by atoms with Crippen LogP contribution >= 0.6 is 0 Å². The van der Waals surface area contributed by atoms with Crippen LogP contribution in [0, 0.1) is 5.95 Å². The highest BCUT2D eigenvalue weighted by atomic mass is 19.1. The van der Waals surface area contributed by atoms with Crippen LogP contribution in [0.1, 0.15) is 15.9 Å². The second-order valence-corrected chi connectivity index (χ2v) is 7.62. The van der Waals surface area contributed by atoms with Crippen LogP contribution in [0.2, 0.25) is 0 Å². The largest absolute Gasteiger partial charge is 0.382 e. The van der Waals surface area contributed by atoms with E-state index in [1.54, 1.807) is 12.1 Å². The van der Waals surface area contributed by atoms with E-state index in [1.165, 1.54) is 0 Å². The number of amides is 1. The first-order valence-electron chi connectivity index (χ1n) is 10.3. The zero-order valence-corrected chi connectivity index (χ0v) is 16.9. The Balaban J connectivity index is 1.50. The molecule has 3 N–H and O–H groups in total. The van der Waals surface area contributed by atoms with Crippen LogP contribution < -0.4 is 16.0 Å². The van der Waals surface area contributed by atoms with E-state index in [0.29, 0.717) is 42.1 Å². The first-order valence-corrected chi connectivity index (χ1v) is 10.3. The molecule has 3 heterocycles. The zero-order chi connectivity index (χ0) is 21.4. The van der Waals surface area contributed by atoms with E-state index in [1.807, 2.05) is 30.3 Å². The molecule has 3 aromatic rings. The summed E-state index contributed by atoms with van der Waals surface area (Å²) in [6.45, 7) is 3.64. The van der Waals surface area contributed by atoms with E-state index in [0.717, 1.165) is 30.8 Å². The summed E-state index contributed by atoms with van der Waals surface area (Å²) in [5, 5.41) is 2.82. The number of nitrogens with one attached hydrogen (secondary N) is 1. The second-order valence-electron chi connectivity index (χ2n) is 7.62. The minimum atomic E-state index is -0.710. The number of nitrogen functional groups attached to an aromatic ring is 1. The van der Waals surface area contributed by atoms with Gasteiger partial charge in [0.25, 0.3) is 5.91 Å². The number of benzene rings is 2. The van der Waals surface area contributed by atoms with Gasteiger partial charge in [0.15, 0.2) is 5.82 Å². The number of carbonyl (C=O) groups is 1. The molecule has 1 saturated heterocycles. The van der Waals surface area contributed by atoms with Crippen LogP contribution in [0.5, 0.6) is 0 Å². The predicted octanol–water partition coefficient (Wildman–Crippen LogP) is 2.65. The monoisotopic (exact) mass is 419 g/mol. The Kier molecular flexibility index (Phi) is 4.99. The maximum atomic E-state index is 14.7. The molecule has 0 spiro atoms. The summed E-state index contributed by atoms with van der Waals surface area (Å²) in [7, 11) is 0. The Labute approximate surface area is 179 Å². The lowest BCUT2D eigenvalue weighted by atomic mass is 9.96. The lowest BCUT2D eigenvalue weighted by molar-refractivity contribution is 0.0946. The summed E-state index contributed by atoms with van der Waals surface area (Å²) >= 11 is 0. The van der Waals surface area contributed by atoms with Gasteiger partial charge in [0.05, 0.1) is 13.2 Å². The van der Waals surface area contributed by atoms with Crippen LogP contribution in [0.3, 0.4) is 0 Å². The van der Waals surface area contributed by atoms with Crippen LogP contribution in [-0.4, -0.2) is 48.7 Å². The summed E-state index contributed by atoms with van der Waals surface area (Å²) in [5.41, 5.74) is 10.5. The molecule has 158 valence electrons. The average molecular weight is 419 g/mol. The highest BCUT2D eigenvalue weighted by Gasteiger charge is 2.20. The van der Waals surface area contributed by atoms with Gasteiger partial charge in [0.1, 0.15) is 11.4 Å². The molecule has 0 unspecified atom stereocenters. The minimum absolute atomic E-state index is 0.0198. The molecule has 7 nitrogen and oxygen atoms in total. The maximum absolute atomic E-state index is 14.7. The number of hydrogen-bond donors (Lipinski definition) is 2. The second kappa shape index (κ2) is 7.96. The van der Waals surface area contributed by atoms with E-state index < -0.39 is 5.95 Å². The smallest absolute Gasteiger partial charge is 0.251 e. The van der Waals surface area contributed by atoms with Crippen LogP contribution in [0.15, 0.2) is 42.5 Å². The third-order valence-electron chi connectivity index (χ3n) is 5.70. The highest BCUT2D eigenvalue weighted by molar-refractivity contribution is 5.97. The number of carbonyl (C=O) groups excluding carboxylic acids is 1. The number of nitrogens with two attached hydrogens (primary N) is 1. The summed E-state index contributed by atoms with van der Waals surface area (Å²) in [6.07, 6.45) is 0.722. The molecule has 0 aliphatic carbocycles. The predicted molar refractivity (Wildman–Crippen MR) is 116 cm³/mol. The van der Waals surface area contributed by atoms with E-state index in [-0.39, 0.29) is 17.4 Å². The fraction of sp³-hybridized carbons (Fsp3) is 0.261. The molecule has 5 rings (SSSR count). The number of hydrogen-bond acceptors (Lipinski definition) is 6. The lowest BCUT2D eigenvalue weighted by Gasteiger charge is -2.28. The highest BCUT2D eigenvalue weighted by Crippen LogP contribution is 2.31. The normalized spacial score (nSPS) is 16.0. The Morgan fingerprint density at radius 3 is 2.52 bits per heavy atom. The van der Waals surface area contributed by atoms with E-state index in [9.17, 15) is 9.18 Å². The van der Waals surface area contributed by atoms with Gasteiger partial charge in [0, 0.05) is 42.0 Å². The Morgan fingerprint density at radius 1 is 1.00 bits per heavy atom. The van der Waals surface area contributed by atoms with Gasteiger partial charge in [-0.2, -0.15) is 9.37 Å². The van der Waals surface area contributed by atoms with Gasteiger partial charge in [-0.3, -0.25) is 4.79 Å². The first-order chi connectivity index (χ1) is 15.1. The lowest BCUT2D eigenvalue weighted by Crippen LogP contribution is -2.36. The van der Waals surface area contributed by atoms with Gasteiger partial charge >= 0.3 is 0 Å². The van der Waals surface area contributed by atoms with E-state index in [2.05, 4.69) is 20.2 Å². The molecule has 0 saturated carbocycles. The third kappa shape index (κ3) is 3.70. The van der Waals surface area contributed by atoms with Crippen molar-refractivity contribution in [1.29, 1.82) is 0 Å². The first kappa shape index (κ1) is 19.4. The Morgan fingerprint density at radius 2 is 1.74 bits per heavy atom. The molecule has 31 heavy (non-hydrogen) atoms. The van der Waals surface area contributed by atoms with Crippen molar-refractivity contribution in [1.82, 2.24) is 15.3 Å². The summed E-state index contributed by atoms with van der Waals surface area (Å²) in [6, 6.07) is 13.0. The van der Waals surface area contributed by atoms with E-state index >= 15 is 0 Å². The van der Waals surface area contributed by atoms with Crippen molar-refractivity contribution in [3.05, 3.63) is 59.5 Å². The topological polar surface area (TPSA) is 93.4 Å². The standard InChI is InChI=1S/C23H22FN5O2/c24-21-19(14-1-4-17(5-2-14)29-9-11-31-12-10-29)27-20(22(25)28-21)16-3-6-18-15(13-16)7-8-26-23(18)30/h1-6,13H,7-12H2,(H2,25,28)(H,26,30). The summed E-state index contributed by atoms with van der Waals surface area (Å²) in [5.74, 6) is -0.781. The van der Waals surface area contributed by atoms with Gasteiger partial charge in [0.2, 0.25) is 5.95 Å². The minimum Gasteiger partial charge on any atom is -0.382 e. The molecule has 2 aliphatic heterocycles. The van der Waals surface area contributed by atoms with Gasteiger partial charge in [-0.15, -0.1) is 0 Å². The van der Waals surface area contributed by atoms with Gasteiger partial charge in [-0.1, -0.05) is 18.2 Å². The molecule has 1 fully saturated rings. The molecular weight excluding hydrogens is 397 g/mol. The van der Waals surface area contributed by atoms with E-state index in [4.69, 9.17) is 10.5 Å². The zero-order valence-electron chi connectivity index (χ0n) is 16.9. The number of fused-ring (bicyclic) bond motifs is 1. The molecule has 0 atom stereocenters. The molecule has 1 amide bonds. The number of morpholine rings is 1. The molecule has 2 aliphatic rings. The van der Waals surface area contributed by atoms with Crippen molar-refractivity contribution in [3.63, 3.8) is 0 Å². The van der Waals surface area contributed by atoms with Crippen LogP contribution in [0.4, 0.5) is 15.9 Å². The number of ether oxygens (including phenoxy) is 1. The maximum Gasteiger partial charge on any atom is 0.251 e. The van der Waals surface area contributed by atoms with Crippen molar-refractivity contribution < 1.29 is 13.9 Å². The Hall–Kier alpha value is -3.52. The summed E-state index contributed by atoms with van der Waals surface area (Å²) in [4.78, 5) is 22.7. The number of anilines is 2. The molecule has 0 radical (unpaired) electrons. The molecule has 8 heteroatoms.